The number of carbonyl (C=O) groups is 1. The first-order valence-electron chi connectivity index (χ1n) is 8.15. The summed E-state index contributed by atoms with van der Waals surface area (Å²) in [5, 5.41) is 16.6. The summed E-state index contributed by atoms with van der Waals surface area (Å²) in [6.07, 6.45) is 2.13. The van der Waals surface area contributed by atoms with Gasteiger partial charge in [-0.05, 0) is 35.6 Å². The summed E-state index contributed by atoms with van der Waals surface area (Å²) in [7, 11) is 0. The third kappa shape index (κ3) is 3.16. The number of thiophene rings is 1. The van der Waals surface area contributed by atoms with Crippen molar-refractivity contribution in [2.75, 3.05) is 6.54 Å². The number of imidazole rings is 1. The van der Waals surface area contributed by atoms with Crippen LogP contribution in [-0.2, 0) is 6.42 Å². The Morgan fingerprint density at radius 2 is 2.12 bits per heavy atom. The van der Waals surface area contributed by atoms with Gasteiger partial charge in [0.25, 0.3) is 5.91 Å². The van der Waals surface area contributed by atoms with E-state index in [1.807, 2.05) is 29.0 Å². The summed E-state index contributed by atoms with van der Waals surface area (Å²) < 4.78 is 0. The molecule has 4 aromatic rings. The molecule has 0 aliphatic carbocycles. The third-order valence-corrected chi connectivity index (χ3v) is 4.79. The zero-order valence-electron chi connectivity index (χ0n) is 13.8. The lowest BCUT2D eigenvalue weighted by Crippen LogP contribution is -2.26. The van der Waals surface area contributed by atoms with Crippen molar-refractivity contribution in [1.29, 1.82) is 0 Å². The maximum absolute atomic E-state index is 12.6. The van der Waals surface area contributed by atoms with E-state index in [4.69, 9.17) is 0 Å². The molecule has 0 atom stereocenters. The highest BCUT2D eigenvalue weighted by Crippen LogP contribution is 2.23. The molecule has 0 bridgehead atoms. The van der Waals surface area contributed by atoms with Crippen LogP contribution in [0.4, 0.5) is 0 Å². The van der Waals surface area contributed by atoms with Crippen LogP contribution in [0.5, 0.6) is 5.75 Å². The molecule has 26 heavy (non-hydrogen) atoms. The van der Waals surface area contributed by atoms with Gasteiger partial charge in [0.15, 0.2) is 5.65 Å². The molecule has 0 saturated heterocycles. The van der Waals surface area contributed by atoms with E-state index in [-0.39, 0.29) is 11.7 Å². The number of amides is 1. The Morgan fingerprint density at radius 1 is 1.23 bits per heavy atom. The lowest BCUT2D eigenvalue weighted by Gasteiger charge is -2.07. The van der Waals surface area contributed by atoms with Gasteiger partial charge in [0.2, 0.25) is 0 Å². The predicted molar refractivity (Wildman–Crippen MR) is 101 cm³/mol. The molecule has 0 spiro atoms. The molecule has 0 fully saturated rings. The first-order chi connectivity index (χ1) is 12.7. The van der Waals surface area contributed by atoms with E-state index in [0.29, 0.717) is 35.5 Å². The second-order valence-electron chi connectivity index (χ2n) is 5.79. The van der Waals surface area contributed by atoms with Crippen LogP contribution in [0, 0.1) is 0 Å². The molecule has 130 valence electrons. The van der Waals surface area contributed by atoms with Gasteiger partial charge < -0.3 is 15.4 Å². The minimum atomic E-state index is -0.201. The summed E-state index contributed by atoms with van der Waals surface area (Å²) in [5.41, 5.74) is 3.41. The standard InChI is InChI=1S/C19H16N4O2S/c24-15-4-2-1-3-12(15)5-8-21-19(25)14-6-9-20-18-16(14)22-17(23-18)13-7-10-26-11-13/h1-4,6-7,9-11,24H,5,8H2,(H,21,25)(H,20,22,23). The highest BCUT2D eigenvalue weighted by Gasteiger charge is 2.15. The predicted octanol–water partition coefficient (Wildman–Crippen LogP) is 3.36. The largest absolute Gasteiger partial charge is 0.508 e. The molecule has 0 saturated carbocycles. The first kappa shape index (κ1) is 16.3. The molecule has 6 nitrogen and oxygen atoms in total. The summed E-state index contributed by atoms with van der Waals surface area (Å²) in [5.74, 6) is 0.735. The van der Waals surface area contributed by atoms with Gasteiger partial charge >= 0.3 is 0 Å². The highest BCUT2D eigenvalue weighted by molar-refractivity contribution is 7.08. The summed E-state index contributed by atoms with van der Waals surface area (Å²) in [6.45, 7) is 0.422. The minimum absolute atomic E-state index is 0.201. The Hall–Kier alpha value is -3.19. The van der Waals surface area contributed by atoms with Gasteiger partial charge in [-0.2, -0.15) is 11.3 Å². The number of aromatic hydroxyl groups is 1. The van der Waals surface area contributed by atoms with E-state index < -0.39 is 0 Å². The molecule has 0 unspecified atom stereocenters. The number of aromatic nitrogens is 3. The molecule has 0 radical (unpaired) electrons. The number of nitrogens with zero attached hydrogens (tertiary/aromatic N) is 2. The minimum Gasteiger partial charge on any atom is -0.508 e. The number of para-hydroxylation sites is 1. The van der Waals surface area contributed by atoms with Crippen LogP contribution in [0.1, 0.15) is 15.9 Å². The maximum Gasteiger partial charge on any atom is 0.253 e. The van der Waals surface area contributed by atoms with Crippen molar-refractivity contribution in [3.05, 3.63) is 64.5 Å². The molecule has 1 amide bonds. The molecule has 3 aromatic heterocycles. The van der Waals surface area contributed by atoms with Crippen molar-refractivity contribution in [2.24, 2.45) is 0 Å². The van der Waals surface area contributed by atoms with E-state index in [1.165, 1.54) is 0 Å². The number of aromatic amines is 1. The molecule has 7 heteroatoms. The Balaban J connectivity index is 1.52. The summed E-state index contributed by atoms with van der Waals surface area (Å²) in [6, 6.07) is 10.8. The molecule has 3 heterocycles. The van der Waals surface area contributed by atoms with Gasteiger partial charge in [0.05, 0.1) is 11.1 Å². The molecule has 0 aliphatic rings. The zero-order valence-corrected chi connectivity index (χ0v) is 14.6. The monoisotopic (exact) mass is 364 g/mol. The maximum atomic E-state index is 12.6. The van der Waals surface area contributed by atoms with Gasteiger partial charge in [0.1, 0.15) is 11.6 Å². The van der Waals surface area contributed by atoms with Gasteiger partial charge in [-0.1, -0.05) is 18.2 Å². The summed E-state index contributed by atoms with van der Waals surface area (Å²) in [4.78, 5) is 24.5. The smallest absolute Gasteiger partial charge is 0.253 e. The molecule has 3 N–H and O–H groups in total. The normalized spacial score (nSPS) is 10.9. The van der Waals surface area contributed by atoms with Crippen LogP contribution >= 0.6 is 11.3 Å². The van der Waals surface area contributed by atoms with Crippen LogP contribution in [0.15, 0.2) is 53.4 Å². The number of benzene rings is 1. The fourth-order valence-electron chi connectivity index (χ4n) is 2.76. The number of hydrogen-bond acceptors (Lipinski definition) is 5. The lowest BCUT2D eigenvalue weighted by atomic mass is 10.1. The van der Waals surface area contributed by atoms with Crippen LogP contribution < -0.4 is 5.32 Å². The topological polar surface area (TPSA) is 90.9 Å². The second-order valence-corrected chi connectivity index (χ2v) is 6.57. The van der Waals surface area contributed by atoms with E-state index in [2.05, 4.69) is 20.3 Å². The lowest BCUT2D eigenvalue weighted by molar-refractivity contribution is 0.0955. The quantitative estimate of drug-likeness (QED) is 0.506. The molecule has 0 aliphatic heterocycles. The first-order valence-corrected chi connectivity index (χ1v) is 9.09. The van der Waals surface area contributed by atoms with Crippen LogP contribution in [0.2, 0.25) is 0 Å². The van der Waals surface area contributed by atoms with Crippen molar-refractivity contribution in [3.63, 3.8) is 0 Å². The third-order valence-electron chi connectivity index (χ3n) is 4.10. The zero-order chi connectivity index (χ0) is 17.9. The molecular weight excluding hydrogens is 348 g/mol. The van der Waals surface area contributed by atoms with Crippen molar-refractivity contribution in [1.82, 2.24) is 20.3 Å². The number of rotatable bonds is 5. The number of fused-ring (bicyclic) bond motifs is 1. The number of hydrogen-bond donors (Lipinski definition) is 3. The Bertz CT molecular complexity index is 1060. The Labute approximate surface area is 153 Å². The van der Waals surface area contributed by atoms with Crippen LogP contribution in [0.3, 0.4) is 0 Å². The number of nitrogens with one attached hydrogen (secondary N) is 2. The fourth-order valence-corrected chi connectivity index (χ4v) is 3.40. The van der Waals surface area contributed by atoms with E-state index >= 15 is 0 Å². The van der Waals surface area contributed by atoms with E-state index in [1.54, 1.807) is 35.7 Å². The van der Waals surface area contributed by atoms with Crippen LogP contribution in [-0.4, -0.2) is 32.5 Å². The average Bonchev–Trinajstić information content (AvgIpc) is 3.32. The number of phenolic OH excluding ortho intramolecular Hbond substituents is 1. The second kappa shape index (κ2) is 6.97. The van der Waals surface area contributed by atoms with Gasteiger partial charge in [-0.15, -0.1) is 0 Å². The van der Waals surface area contributed by atoms with Crippen LogP contribution in [0.25, 0.3) is 22.6 Å². The average molecular weight is 364 g/mol. The van der Waals surface area contributed by atoms with E-state index in [0.717, 1.165) is 11.1 Å². The fraction of sp³-hybridized carbons (Fsp3) is 0.105. The number of carbonyl (C=O) groups excluding carboxylic acids is 1. The SMILES string of the molecule is O=C(NCCc1ccccc1O)c1ccnc2nc(-c3ccsc3)[nH]c12. The highest BCUT2D eigenvalue weighted by atomic mass is 32.1. The molecule has 4 rings (SSSR count). The number of phenols is 1. The molecule has 1 aromatic carbocycles. The Morgan fingerprint density at radius 3 is 2.92 bits per heavy atom. The van der Waals surface area contributed by atoms with Gasteiger partial charge in [-0.25, -0.2) is 9.97 Å². The van der Waals surface area contributed by atoms with Crippen molar-refractivity contribution < 1.29 is 9.90 Å². The number of H-pyrrole nitrogens is 1. The van der Waals surface area contributed by atoms with Crippen molar-refractivity contribution in [2.45, 2.75) is 6.42 Å². The Kier molecular flexibility index (Phi) is 4.37. The van der Waals surface area contributed by atoms with Gasteiger partial charge in [-0.3, -0.25) is 4.79 Å². The summed E-state index contributed by atoms with van der Waals surface area (Å²) >= 11 is 1.58. The van der Waals surface area contributed by atoms with Crippen molar-refractivity contribution in [3.8, 4) is 17.1 Å². The molecular formula is C19H16N4O2S. The number of pyridine rings is 1. The van der Waals surface area contributed by atoms with E-state index in [9.17, 15) is 9.90 Å². The van der Waals surface area contributed by atoms with Gasteiger partial charge in [0, 0.05) is 23.7 Å². The van der Waals surface area contributed by atoms with Crippen molar-refractivity contribution >= 4 is 28.4 Å².